The number of nitrogens with zero attached hydrogens (tertiary/aromatic N) is 4. The molecule has 0 saturated carbocycles. The third-order valence-corrected chi connectivity index (χ3v) is 6.14. The standard InChI is InChI=1S/C27H28N8O3/c1-3-23(36)32-17-9-10-29-21(13-17)18-6-4-5-16-15-31-27(35-24(16)18)34-20-8-7-19(33-26(20)37-2)25-22(14-28)30-11-12-38-25/h3-10,13,15,22,25,30H,1,11-12,14,28H2,2H3,(H,29,32,36)(H,31,34,35)/t22?,25-/m0/s1. The number of nitrogens with two attached hydrogens (primary N) is 1. The van der Waals surface area contributed by atoms with Gasteiger partial charge in [0.05, 0.1) is 36.7 Å². The SMILES string of the molecule is C=CC(=O)Nc1ccnc(-c2cccc3cnc(Nc4ccc([C@@H]5OCCNC5CN)nc4OC)nc23)c1. The van der Waals surface area contributed by atoms with Gasteiger partial charge in [-0.3, -0.25) is 9.78 Å². The van der Waals surface area contributed by atoms with E-state index >= 15 is 0 Å². The summed E-state index contributed by atoms with van der Waals surface area (Å²) >= 11 is 0. The molecule has 1 saturated heterocycles. The zero-order valence-corrected chi connectivity index (χ0v) is 20.8. The molecule has 38 heavy (non-hydrogen) atoms. The van der Waals surface area contributed by atoms with Gasteiger partial charge < -0.3 is 31.2 Å². The van der Waals surface area contributed by atoms with Crippen molar-refractivity contribution in [3.8, 4) is 17.1 Å². The molecule has 5 N–H and O–H groups in total. The highest BCUT2D eigenvalue weighted by Gasteiger charge is 2.28. The smallest absolute Gasteiger partial charge is 0.247 e. The van der Waals surface area contributed by atoms with E-state index in [1.807, 2.05) is 30.3 Å². The number of amides is 1. The summed E-state index contributed by atoms with van der Waals surface area (Å²) in [6.45, 7) is 5.25. The summed E-state index contributed by atoms with van der Waals surface area (Å²) in [5, 5.41) is 10.2. The number of ether oxygens (including phenoxy) is 2. The topological polar surface area (TPSA) is 149 Å². The molecule has 0 radical (unpaired) electrons. The normalized spacial score (nSPS) is 17.1. The molecule has 1 aliphatic heterocycles. The van der Waals surface area contributed by atoms with Crippen molar-refractivity contribution in [1.29, 1.82) is 0 Å². The lowest BCUT2D eigenvalue weighted by atomic mass is 10.1. The fraction of sp³-hybridized carbons (Fsp3) is 0.222. The number of pyridine rings is 2. The first-order chi connectivity index (χ1) is 18.6. The van der Waals surface area contributed by atoms with Crippen molar-refractivity contribution >= 4 is 34.1 Å². The Bertz CT molecular complexity index is 1480. The van der Waals surface area contributed by atoms with Gasteiger partial charge in [0.25, 0.3) is 0 Å². The van der Waals surface area contributed by atoms with Gasteiger partial charge in [-0.05, 0) is 30.3 Å². The van der Waals surface area contributed by atoms with Crippen molar-refractivity contribution in [3.05, 3.63) is 73.2 Å². The number of carbonyl (C=O) groups is 1. The van der Waals surface area contributed by atoms with Crippen LogP contribution < -0.4 is 26.4 Å². The van der Waals surface area contributed by atoms with Crippen molar-refractivity contribution in [2.75, 3.05) is 37.4 Å². The molecule has 1 amide bonds. The Kier molecular flexibility index (Phi) is 7.50. The summed E-state index contributed by atoms with van der Waals surface area (Å²) < 4.78 is 11.5. The number of hydrogen-bond donors (Lipinski definition) is 4. The van der Waals surface area contributed by atoms with Crippen LogP contribution in [0.4, 0.5) is 17.3 Å². The lowest BCUT2D eigenvalue weighted by Gasteiger charge is -2.31. The van der Waals surface area contributed by atoms with Crippen LogP contribution in [0.5, 0.6) is 5.88 Å². The average molecular weight is 513 g/mol. The maximum absolute atomic E-state index is 11.7. The molecule has 0 spiro atoms. The largest absolute Gasteiger partial charge is 0.480 e. The quantitative estimate of drug-likeness (QED) is 0.260. The fourth-order valence-corrected chi connectivity index (χ4v) is 4.31. The van der Waals surface area contributed by atoms with E-state index in [0.29, 0.717) is 47.6 Å². The van der Waals surface area contributed by atoms with Gasteiger partial charge >= 0.3 is 0 Å². The van der Waals surface area contributed by atoms with E-state index in [9.17, 15) is 4.79 Å². The second-order valence-electron chi connectivity index (χ2n) is 8.57. The predicted octanol–water partition coefficient (Wildman–Crippen LogP) is 2.95. The summed E-state index contributed by atoms with van der Waals surface area (Å²) in [4.78, 5) is 30.1. The van der Waals surface area contributed by atoms with Gasteiger partial charge in [0.2, 0.25) is 17.7 Å². The van der Waals surface area contributed by atoms with Gasteiger partial charge in [0.15, 0.2) is 0 Å². The van der Waals surface area contributed by atoms with Gasteiger partial charge in [0, 0.05) is 42.1 Å². The van der Waals surface area contributed by atoms with Gasteiger partial charge in [0.1, 0.15) is 11.8 Å². The highest BCUT2D eigenvalue weighted by Crippen LogP contribution is 2.31. The number of benzene rings is 1. The Hall–Kier alpha value is -4.45. The maximum Gasteiger partial charge on any atom is 0.247 e. The molecule has 3 aromatic heterocycles. The highest BCUT2D eigenvalue weighted by atomic mass is 16.5. The number of methoxy groups -OCH3 is 1. The van der Waals surface area contributed by atoms with Crippen LogP contribution in [0.2, 0.25) is 0 Å². The van der Waals surface area contributed by atoms with Crippen LogP contribution in [-0.4, -0.2) is 58.7 Å². The first-order valence-corrected chi connectivity index (χ1v) is 12.1. The van der Waals surface area contributed by atoms with Crippen molar-refractivity contribution in [1.82, 2.24) is 25.3 Å². The van der Waals surface area contributed by atoms with Crippen LogP contribution >= 0.6 is 0 Å². The lowest BCUT2D eigenvalue weighted by Crippen LogP contribution is -2.48. The van der Waals surface area contributed by atoms with Gasteiger partial charge in [-0.25, -0.2) is 15.0 Å². The molecule has 4 heterocycles. The number of anilines is 3. The summed E-state index contributed by atoms with van der Waals surface area (Å²) in [6.07, 6.45) is 4.32. The molecule has 194 valence electrons. The number of rotatable bonds is 8. The molecule has 2 atom stereocenters. The minimum absolute atomic E-state index is 0.0285. The predicted molar refractivity (Wildman–Crippen MR) is 145 cm³/mol. The monoisotopic (exact) mass is 512 g/mol. The van der Waals surface area contributed by atoms with E-state index < -0.39 is 0 Å². The molecular weight excluding hydrogens is 484 g/mol. The van der Waals surface area contributed by atoms with Crippen LogP contribution in [0.15, 0.2) is 67.5 Å². The second kappa shape index (κ2) is 11.3. The summed E-state index contributed by atoms with van der Waals surface area (Å²) in [5.74, 6) is 0.452. The Balaban J connectivity index is 1.46. The molecule has 1 aromatic carbocycles. The van der Waals surface area contributed by atoms with E-state index in [1.165, 1.54) is 6.08 Å². The van der Waals surface area contributed by atoms with E-state index in [2.05, 4.69) is 37.5 Å². The van der Waals surface area contributed by atoms with Crippen molar-refractivity contribution in [3.63, 3.8) is 0 Å². The summed E-state index contributed by atoms with van der Waals surface area (Å²) in [5.41, 5.74) is 9.99. The minimum Gasteiger partial charge on any atom is -0.480 e. The minimum atomic E-state index is -0.299. The zero-order chi connectivity index (χ0) is 26.5. The van der Waals surface area contributed by atoms with Crippen LogP contribution in [0.25, 0.3) is 22.2 Å². The second-order valence-corrected chi connectivity index (χ2v) is 8.57. The van der Waals surface area contributed by atoms with Crippen molar-refractivity contribution in [2.45, 2.75) is 12.1 Å². The highest BCUT2D eigenvalue weighted by molar-refractivity contribution is 5.99. The average Bonchev–Trinajstić information content (AvgIpc) is 2.97. The number of fused-ring (bicyclic) bond motifs is 1. The number of aromatic nitrogens is 4. The van der Waals surface area contributed by atoms with Crippen LogP contribution in [-0.2, 0) is 9.53 Å². The van der Waals surface area contributed by atoms with Crippen molar-refractivity contribution < 1.29 is 14.3 Å². The number of para-hydroxylation sites is 1. The van der Waals surface area contributed by atoms with Crippen LogP contribution in [0.1, 0.15) is 11.8 Å². The van der Waals surface area contributed by atoms with Gasteiger partial charge in [-0.2, -0.15) is 0 Å². The molecule has 5 rings (SSSR count). The van der Waals surface area contributed by atoms with Crippen LogP contribution in [0, 0.1) is 0 Å². The summed E-state index contributed by atoms with van der Waals surface area (Å²) in [6, 6.07) is 13.0. The Morgan fingerprint density at radius 3 is 2.97 bits per heavy atom. The number of hydrogen-bond acceptors (Lipinski definition) is 10. The molecule has 1 unspecified atom stereocenters. The first-order valence-electron chi connectivity index (χ1n) is 12.1. The summed E-state index contributed by atoms with van der Waals surface area (Å²) in [7, 11) is 1.56. The lowest BCUT2D eigenvalue weighted by molar-refractivity contribution is -0.111. The molecule has 1 fully saturated rings. The van der Waals surface area contributed by atoms with Crippen molar-refractivity contribution in [2.24, 2.45) is 5.73 Å². The van der Waals surface area contributed by atoms with E-state index in [1.54, 1.807) is 31.6 Å². The number of carbonyl (C=O) groups excluding carboxylic acids is 1. The van der Waals surface area contributed by atoms with E-state index in [-0.39, 0.29) is 18.1 Å². The third kappa shape index (κ3) is 5.30. The molecular formula is C27H28N8O3. The molecule has 0 bridgehead atoms. The fourth-order valence-electron chi connectivity index (χ4n) is 4.31. The zero-order valence-electron chi connectivity index (χ0n) is 20.8. The van der Waals surface area contributed by atoms with Gasteiger partial charge in [-0.15, -0.1) is 0 Å². The Morgan fingerprint density at radius 2 is 2.16 bits per heavy atom. The molecule has 11 nitrogen and oxygen atoms in total. The maximum atomic E-state index is 11.7. The number of morpholine rings is 1. The van der Waals surface area contributed by atoms with E-state index in [0.717, 1.165) is 23.2 Å². The van der Waals surface area contributed by atoms with Crippen LogP contribution in [0.3, 0.4) is 0 Å². The Morgan fingerprint density at radius 1 is 1.26 bits per heavy atom. The molecule has 1 aliphatic rings. The third-order valence-electron chi connectivity index (χ3n) is 6.14. The first kappa shape index (κ1) is 25.2. The molecule has 4 aromatic rings. The Labute approximate surface area is 219 Å². The number of nitrogens with one attached hydrogen (secondary N) is 3. The van der Waals surface area contributed by atoms with E-state index in [4.69, 9.17) is 20.2 Å². The van der Waals surface area contributed by atoms with Gasteiger partial charge in [-0.1, -0.05) is 24.8 Å². The molecule has 11 heteroatoms. The molecule has 0 aliphatic carbocycles.